The van der Waals surface area contributed by atoms with E-state index >= 15 is 0 Å². The first-order chi connectivity index (χ1) is 16.3. The Balaban J connectivity index is 1.43. The fraction of sp³-hybridized carbons (Fsp3) is 0.818. The quantitative estimate of drug-likeness (QED) is 0.356. The summed E-state index contributed by atoms with van der Waals surface area (Å²) in [4.78, 5) is 0. The van der Waals surface area contributed by atoms with Crippen LogP contribution in [0.2, 0.25) is 0 Å². The van der Waals surface area contributed by atoms with Crippen LogP contribution in [0.3, 0.4) is 0 Å². The summed E-state index contributed by atoms with van der Waals surface area (Å²) in [6.45, 7) is 17.8. The van der Waals surface area contributed by atoms with Gasteiger partial charge in [-0.15, -0.1) is 11.5 Å². The Bertz CT molecular complexity index is 799. The molecule has 4 aliphatic rings. The molecule has 0 bridgehead atoms. The maximum Gasteiger partial charge on any atom is 0.0612 e. The van der Waals surface area contributed by atoms with Crippen molar-refractivity contribution in [3.63, 3.8) is 0 Å². The highest BCUT2D eigenvalue weighted by Crippen LogP contribution is 2.69. The molecule has 0 aromatic rings. The first kappa shape index (κ1) is 26.1. The van der Waals surface area contributed by atoms with Gasteiger partial charge in [-0.25, -0.2) is 0 Å². The van der Waals surface area contributed by atoms with Crippen molar-refractivity contribution in [1.29, 1.82) is 0 Å². The van der Waals surface area contributed by atoms with Crippen LogP contribution in [0.4, 0.5) is 0 Å². The summed E-state index contributed by atoms with van der Waals surface area (Å²) in [6, 6.07) is 0. The molecule has 0 heterocycles. The normalized spacial score (nSPS) is 45.0. The number of allylic oxidation sites excluding steroid dienone is 1. The molecule has 0 amide bonds. The summed E-state index contributed by atoms with van der Waals surface area (Å²) in [6.07, 6.45) is 19.9. The summed E-state index contributed by atoms with van der Waals surface area (Å²) in [7, 11) is 0. The molecule has 1 N–H and O–H groups in total. The summed E-state index contributed by atoms with van der Waals surface area (Å²) < 4.78 is 0. The Morgan fingerprint density at radius 2 is 1.59 bits per heavy atom. The van der Waals surface area contributed by atoms with Crippen molar-refractivity contribution in [1.82, 2.24) is 0 Å². The molecule has 0 saturated heterocycles. The lowest BCUT2D eigenvalue weighted by atomic mass is 9.43. The average molecular weight is 465 g/mol. The number of hydrogen-bond acceptors (Lipinski definition) is 1. The zero-order valence-corrected chi connectivity index (χ0v) is 22.7. The minimum atomic E-state index is -0.190. The van der Waals surface area contributed by atoms with E-state index in [9.17, 15) is 5.11 Å². The van der Waals surface area contributed by atoms with E-state index in [2.05, 4.69) is 64.5 Å². The van der Waals surface area contributed by atoms with E-state index in [0.717, 1.165) is 48.3 Å². The lowest BCUT2D eigenvalue weighted by Crippen LogP contribution is -2.56. The molecule has 11 atom stereocenters. The van der Waals surface area contributed by atoms with E-state index in [1.807, 2.05) is 0 Å². The van der Waals surface area contributed by atoms with Crippen LogP contribution in [0.5, 0.6) is 0 Å². The summed E-state index contributed by atoms with van der Waals surface area (Å²) in [5.74, 6) is 6.10. The van der Waals surface area contributed by atoms with Crippen molar-refractivity contribution in [3.05, 3.63) is 36.8 Å². The molecule has 4 aliphatic carbocycles. The van der Waals surface area contributed by atoms with Gasteiger partial charge in [0.25, 0.3) is 0 Å². The van der Waals surface area contributed by atoms with Gasteiger partial charge in [0.05, 0.1) is 6.10 Å². The molecule has 190 valence electrons. The largest absolute Gasteiger partial charge is 0.392 e. The average Bonchev–Trinajstić information content (AvgIpc) is 3.17. The molecule has 34 heavy (non-hydrogen) atoms. The number of aliphatic hydroxyl groups is 1. The van der Waals surface area contributed by atoms with Crippen molar-refractivity contribution in [3.8, 4) is 0 Å². The Kier molecular flexibility index (Phi) is 8.09. The van der Waals surface area contributed by atoms with Gasteiger partial charge in [-0.2, -0.15) is 0 Å². The topological polar surface area (TPSA) is 20.2 Å². The maximum atomic E-state index is 10.8. The van der Waals surface area contributed by atoms with E-state index in [1.54, 1.807) is 0 Å². The van der Waals surface area contributed by atoms with Crippen LogP contribution in [0, 0.1) is 58.2 Å². The summed E-state index contributed by atoms with van der Waals surface area (Å²) in [5, 5.41) is 10.8. The van der Waals surface area contributed by atoms with Crippen LogP contribution < -0.4 is 0 Å². The summed E-state index contributed by atoms with van der Waals surface area (Å²) >= 11 is 0. The third-order valence-corrected chi connectivity index (χ3v) is 11.9. The van der Waals surface area contributed by atoms with Gasteiger partial charge in [-0.1, -0.05) is 60.1 Å². The molecule has 1 heteroatoms. The van der Waals surface area contributed by atoms with Gasteiger partial charge >= 0.3 is 0 Å². The Labute approximate surface area is 210 Å². The third kappa shape index (κ3) is 4.59. The predicted molar refractivity (Wildman–Crippen MR) is 144 cm³/mol. The van der Waals surface area contributed by atoms with Crippen molar-refractivity contribution >= 4 is 0 Å². The molecule has 4 rings (SSSR count). The van der Waals surface area contributed by atoms with Crippen LogP contribution in [-0.4, -0.2) is 11.2 Å². The molecule has 0 spiro atoms. The van der Waals surface area contributed by atoms with Crippen molar-refractivity contribution < 1.29 is 5.11 Å². The van der Waals surface area contributed by atoms with E-state index in [-0.39, 0.29) is 12.0 Å². The van der Waals surface area contributed by atoms with Gasteiger partial charge < -0.3 is 5.11 Å². The zero-order valence-electron chi connectivity index (χ0n) is 22.7. The minimum Gasteiger partial charge on any atom is -0.392 e. The monoisotopic (exact) mass is 464 g/mol. The SMILES string of the molecule is C=C=CCC(C)CCC[C@@H](C)[C@H]1CC[C@H]2[C@@H]3CC[C@H]4C(C=C=C)[C@@H](O)CC[C@]4(C)[C@H]3CC[C@]12C. The highest BCUT2D eigenvalue weighted by Gasteiger charge is 2.61. The van der Waals surface area contributed by atoms with Crippen LogP contribution >= 0.6 is 0 Å². The zero-order chi connectivity index (χ0) is 24.5. The van der Waals surface area contributed by atoms with Crippen LogP contribution in [0.25, 0.3) is 0 Å². The van der Waals surface area contributed by atoms with Gasteiger partial charge in [-0.3, -0.25) is 0 Å². The first-order valence-electron chi connectivity index (χ1n) is 14.6. The van der Waals surface area contributed by atoms with Crippen LogP contribution in [0.1, 0.15) is 105 Å². The van der Waals surface area contributed by atoms with E-state index < -0.39 is 0 Å². The van der Waals surface area contributed by atoms with Crippen molar-refractivity contribution in [2.24, 2.45) is 58.2 Å². The second-order valence-corrected chi connectivity index (χ2v) is 13.5. The molecular weight excluding hydrogens is 412 g/mol. The second kappa shape index (κ2) is 10.5. The smallest absolute Gasteiger partial charge is 0.0612 e. The molecule has 0 aromatic carbocycles. The van der Waals surface area contributed by atoms with E-state index in [4.69, 9.17) is 0 Å². The van der Waals surface area contributed by atoms with Crippen LogP contribution in [-0.2, 0) is 0 Å². The lowest BCUT2D eigenvalue weighted by molar-refractivity contribution is -0.144. The predicted octanol–water partition coefficient (Wildman–Crippen LogP) is 8.75. The second-order valence-electron chi connectivity index (χ2n) is 13.5. The minimum absolute atomic E-state index is 0.190. The number of aliphatic hydroxyl groups excluding tert-OH is 1. The first-order valence-corrected chi connectivity index (χ1v) is 14.6. The molecule has 4 saturated carbocycles. The fourth-order valence-electron chi connectivity index (χ4n) is 10.1. The van der Waals surface area contributed by atoms with Crippen molar-refractivity contribution in [2.45, 2.75) is 111 Å². The van der Waals surface area contributed by atoms with Gasteiger partial charge in [-0.05, 0) is 122 Å². The third-order valence-electron chi connectivity index (χ3n) is 11.9. The molecular formula is C33H52O. The number of fused-ring (bicyclic) bond motifs is 5. The van der Waals surface area contributed by atoms with Gasteiger partial charge in [0.2, 0.25) is 0 Å². The highest BCUT2D eigenvalue weighted by atomic mass is 16.3. The molecule has 0 radical (unpaired) electrons. The Hall–Kier alpha value is -1.00. The Morgan fingerprint density at radius 1 is 0.882 bits per heavy atom. The standard InChI is InChI=1S/C33H52O/c1-7-9-12-23(3)13-10-14-24(4)27-17-18-28-25-15-16-29-26(11-8-2)31(34)20-22-33(29,6)30(25)19-21-32(27,28)5/h9,11,23-31,34H,1-2,10,12-22H2,3-6H3/t23?,24-,25+,26?,27-,28+,29+,30+,31+,32-,33+/m1/s1. The molecule has 0 aromatic heterocycles. The lowest BCUT2D eigenvalue weighted by Gasteiger charge is -2.62. The number of hydrogen-bond donors (Lipinski definition) is 1. The molecule has 0 aliphatic heterocycles. The highest BCUT2D eigenvalue weighted by molar-refractivity contribution is 5.12. The number of rotatable bonds is 8. The van der Waals surface area contributed by atoms with Gasteiger partial charge in [0.15, 0.2) is 0 Å². The Morgan fingerprint density at radius 3 is 2.32 bits per heavy atom. The fourth-order valence-corrected chi connectivity index (χ4v) is 10.1. The molecule has 4 fully saturated rings. The van der Waals surface area contributed by atoms with Gasteiger partial charge in [0, 0.05) is 5.92 Å². The summed E-state index contributed by atoms with van der Waals surface area (Å²) in [5.41, 5.74) is 6.92. The molecule has 2 unspecified atom stereocenters. The molecule has 1 nitrogen and oxygen atoms in total. The van der Waals surface area contributed by atoms with Crippen molar-refractivity contribution in [2.75, 3.05) is 0 Å². The van der Waals surface area contributed by atoms with E-state index in [0.29, 0.717) is 16.7 Å². The van der Waals surface area contributed by atoms with Crippen LogP contribution in [0.15, 0.2) is 36.8 Å². The van der Waals surface area contributed by atoms with E-state index in [1.165, 1.54) is 64.2 Å². The maximum absolute atomic E-state index is 10.8. The van der Waals surface area contributed by atoms with Gasteiger partial charge in [0.1, 0.15) is 0 Å².